The van der Waals surface area contributed by atoms with Crippen LogP contribution in [0, 0.1) is 0 Å². The maximum absolute atomic E-state index is 13.2. The van der Waals surface area contributed by atoms with E-state index < -0.39 is 35.6 Å². The molecular weight excluding hydrogens is 561 g/mol. The summed E-state index contributed by atoms with van der Waals surface area (Å²) in [6.07, 6.45) is -3.33. The second-order valence-corrected chi connectivity index (χ2v) is 10.8. The standard InChI is InChI=1S/C29H23F3N2O4S2/c30-29(31,32)21-12-10-18(11-13-21)14-22(33-27(36)25-15-20-8-4-5-9-24(20)40-25)26(35)34-23(28(37)38)17-39-16-19-6-2-1-3-7-19/h1-15,23H,16-17H2,(H,33,36)(H,34,35)(H,37,38). The Morgan fingerprint density at radius 3 is 2.27 bits per heavy atom. The lowest BCUT2D eigenvalue weighted by molar-refractivity contribution is -0.140. The van der Waals surface area contributed by atoms with E-state index >= 15 is 0 Å². The van der Waals surface area contributed by atoms with Gasteiger partial charge in [-0.1, -0.05) is 60.7 Å². The van der Waals surface area contributed by atoms with E-state index in [9.17, 15) is 32.7 Å². The van der Waals surface area contributed by atoms with Gasteiger partial charge < -0.3 is 15.7 Å². The quantitative estimate of drug-likeness (QED) is 0.193. The van der Waals surface area contributed by atoms with Crippen molar-refractivity contribution in [1.29, 1.82) is 0 Å². The number of halogens is 3. The SMILES string of the molecule is O=C(NC(CSCc1ccccc1)C(=O)O)C(=Cc1ccc(C(F)(F)F)cc1)NC(=O)c1cc2ccccc2s1. The highest BCUT2D eigenvalue weighted by Gasteiger charge is 2.30. The molecule has 11 heteroatoms. The molecule has 0 bridgehead atoms. The minimum absolute atomic E-state index is 0.0494. The summed E-state index contributed by atoms with van der Waals surface area (Å²) in [6, 6.07) is 21.1. The minimum Gasteiger partial charge on any atom is -0.480 e. The number of fused-ring (bicyclic) bond motifs is 1. The fraction of sp³-hybridized carbons (Fsp3) is 0.138. The van der Waals surface area contributed by atoms with Crippen LogP contribution in [0.5, 0.6) is 0 Å². The highest BCUT2D eigenvalue weighted by molar-refractivity contribution is 7.98. The molecule has 0 saturated heterocycles. The van der Waals surface area contributed by atoms with Gasteiger partial charge in [0.1, 0.15) is 11.7 Å². The summed E-state index contributed by atoms with van der Waals surface area (Å²) in [4.78, 5) is 38.5. The zero-order valence-corrected chi connectivity index (χ0v) is 22.4. The van der Waals surface area contributed by atoms with Gasteiger partial charge >= 0.3 is 12.1 Å². The molecular formula is C29H23F3N2O4S2. The summed E-state index contributed by atoms with van der Waals surface area (Å²) in [5, 5.41) is 15.5. The first-order valence-corrected chi connectivity index (χ1v) is 13.9. The number of amides is 2. The van der Waals surface area contributed by atoms with Crippen molar-refractivity contribution in [2.45, 2.75) is 18.0 Å². The van der Waals surface area contributed by atoms with Gasteiger partial charge in [0.25, 0.3) is 11.8 Å². The van der Waals surface area contributed by atoms with Crippen LogP contribution in [0.1, 0.15) is 26.4 Å². The Labute approximate surface area is 235 Å². The Bertz CT molecular complexity index is 1500. The molecule has 0 aliphatic carbocycles. The summed E-state index contributed by atoms with van der Waals surface area (Å²) >= 11 is 2.51. The molecule has 0 spiro atoms. The average Bonchev–Trinajstić information content (AvgIpc) is 3.37. The monoisotopic (exact) mass is 584 g/mol. The Hall–Kier alpha value is -4.09. The molecule has 4 aromatic rings. The number of thioether (sulfide) groups is 1. The number of benzene rings is 3. The lowest BCUT2D eigenvalue weighted by Crippen LogP contribution is -2.45. The number of carbonyl (C=O) groups is 3. The number of hydrogen-bond acceptors (Lipinski definition) is 5. The summed E-state index contributed by atoms with van der Waals surface area (Å²) in [5.74, 6) is -2.19. The van der Waals surface area contributed by atoms with Crippen LogP contribution in [-0.2, 0) is 21.5 Å². The molecule has 0 aliphatic rings. The number of alkyl halides is 3. The highest BCUT2D eigenvalue weighted by Crippen LogP contribution is 2.29. The fourth-order valence-electron chi connectivity index (χ4n) is 3.65. The molecule has 1 atom stereocenters. The zero-order valence-electron chi connectivity index (χ0n) is 20.8. The third-order valence-electron chi connectivity index (χ3n) is 5.69. The number of nitrogens with one attached hydrogen (secondary N) is 2. The van der Waals surface area contributed by atoms with E-state index in [1.807, 2.05) is 54.6 Å². The van der Waals surface area contributed by atoms with Gasteiger partial charge in [0.05, 0.1) is 10.4 Å². The Kier molecular flexibility index (Phi) is 9.28. The first kappa shape index (κ1) is 28.9. The number of carbonyl (C=O) groups excluding carboxylic acids is 2. The van der Waals surface area contributed by atoms with Crippen molar-refractivity contribution in [2.75, 3.05) is 5.75 Å². The molecule has 6 nitrogen and oxygen atoms in total. The van der Waals surface area contributed by atoms with Gasteiger partial charge in [-0.05, 0) is 46.9 Å². The van der Waals surface area contributed by atoms with Gasteiger partial charge in [-0.15, -0.1) is 11.3 Å². The Morgan fingerprint density at radius 2 is 1.62 bits per heavy atom. The van der Waals surface area contributed by atoms with E-state index in [1.54, 1.807) is 6.07 Å². The number of aliphatic carboxylic acids is 1. The van der Waals surface area contributed by atoms with Crippen molar-refractivity contribution in [1.82, 2.24) is 10.6 Å². The molecule has 0 fully saturated rings. The first-order valence-electron chi connectivity index (χ1n) is 11.9. The maximum atomic E-state index is 13.2. The predicted octanol–water partition coefficient (Wildman–Crippen LogP) is 6.19. The van der Waals surface area contributed by atoms with Gasteiger partial charge in [0.2, 0.25) is 0 Å². The number of hydrogen-bond donors (Lipinski definition) is 3. The first-order chi connectivity index (χ1) is 19.1. The topological polar surface area (TPSA) is 95.5 Å². The highest BCUT2D eigenvalue weighted by atomic mass is 32.2. The number of carboxylic acids is 1. The summed E-state index contributed by atoms with van der Waals surface area (Å²) < 4.78 is 39.8. The summed E-state index contributed by atoms with van der Waals surface area (Å²) in [7, 11) is 0. The van der Waals surface area contributed by atoms with Crippen molar-refractivity contribution in [3.05, 3.63) is 112 Å². The number of rotatable bonds is 10. The third-order valence-corrected chi connectivity index (χ3v) is 7.91. The summed E-state index contributed by atoms with van der Waals surface area (Å²) in [5.41, 5.74) is 0.0226. The lowest BCUT2D eigenvalue weighted by atomic mass is 10.1. The van der Waals surface area contributed by atoms with Crippen LogP contribution in [0.25, 0.3) is 16.2 Å². The van der Waals surface area contributed by atoms with E-state index in [2.05, 4.69) is 10.6 Å². The van der Waals surface area contributed by atoms with E-state index in [0.717, 1.165) is 39.9 Å². The van der Waals surface area contributed by atoms with Crippen molar-refractivity contribution in [2.24, 2.45) is 0 Å². The van der Waals surface area contributed by atoms with Crippen molar-refractivity contribution in [3.63, 3.8) is 0 Å². The van der Waals surface area contributed by atoms with Crippen LogP contribution < -0.4 is 10.6 Å². The van der Waals surface area contributed by atoms with Crippen LogP contribution >= 0.6 is 23.1 Å². The van der Waals surface area contributed by atoms with Gasteiger partial charge in [0, 0.05) is 16.2 Å². The van der Waals surface area contributed by atoms with Gasteiger partial charge in [-0.2, -0.15) is 24.9 Å². The lowest BCUT2D eigenvalue weighted by Gasteiger charge is -2.16. The van der Waals surface area contributed by atoms with E-state index in [0.29, 0.717) is 10.6 Å². The average molecular weight is 585 g/mol. The molecule has 1 heterocycles. The van der Waals surface area contributed by atoms with Crippen molar-refractivity contribution in [3.8, 4) is 0 Å². The van der Waals surface area contributed by atoms with Crippen LogP contribution in [0.3, 0.4) is 0 Å². The second kappa shape index (κ2) is 12.8. The number of carboxylic acid groups (broad SMARTS) is 1. The predicted molar refractivity (Wildman–Crippen MR) is 151 cm³/mol. The fourth-order valence-corrected chi connectivity index (χ4v) is 5.62. The molecule has 3 aromatic carbocycles. The van der Waals surface area contributed by atoms with Gasteiger partial charge in [-0.25, -0.2) is 4.79 Å². The molecule has 0 aliphatic heterocycles. The largest absolute Gasteiger partial charge is 0.480 e. The smallest absolute Gasteiger partial charge is 0.416 e. The molecule has 2 amide bonds. The van der Waals surface area contributed by atoms with Crippen LogP contribution in [-0.4, -0.2) is 34.7 Å². The molecule has 3 N–H and O–H groups in total. The van der Waals surface area contributed by atoms with Crippen molar-refractivity contribution < 1.29 is 32.7 Å². The maximum Gasteiger partial charge on any atom is 0.416 e. The molecule has 206 valence electrons. The van der Waals surface area contributed by atoms with E-state index in [-0.39, 0.29) is 17.0 Å². The molecule has 0 saturated carbocycles. The summed E-state index contributed by atoms with van der Waals surface area (Å²) in [6.45, 7) is 0. The molecule has 1 unspecified atom stereocenters. The van der Waals surface area contributed by atoms with E-state index in [4.69, 9.17) is 0 Å². The minimum atomic E-state index is -4.54. The van der Waals surface area contributed by atoms with Crippen LogP contribution in [0.2, 0.25) is 0 Å². The van der Waals surface area contributed by atoms with Gasteiger partial charge in [-0.3, -0.25) is 9.59 Å². The normalized spacial score (nSPS) is 12.6. The number of thiophene rings is 1. The van der Waals surface area contributed by atoms with Gasteiger partial charge in [0.15, 0.2) is 0 Å². The molecule has 1 aromatic heterocycles. The molecule has 40 heavy (non-hydrogen) atoms. The zero-order chi connectivity index (χ0) is 28.7. The third kappa shape index (κ3) is 7.73. The van der Waals surface area contributed by atoms with Crippen LogP contribution in [0.15, 0.2) is 90.6 Å². The van der Waals surface area contributed by atoms with E-state index in [1.165, 1.54) is 29.2 Å². The Morgan fingerprint density at radius 1 is 0.950 bits per heavy atom. The molecule has 4 rings (SSSR count). The Balaban J connectivity index is 1.55. The molecule has 0 radical (unpaired) electrons. The second-order valence-electron chi connectivity index (χ2n) is 8.65. The van der Waals surface area contributed by atoms with Crippen LogP contribution in [0.4, 0.5) is 13.2 Å². The van der Waals surface area contributed by atoms with Crippen molar-refractivity contribution >= 4 is 57.0 Å².